The lowest BCUT2D eigenvalue weighted by Crippen LogP contribution is -1.99. The zero-order valence-electron chi connectivity index (χ0n) is 17.3. The summed E-state index contributed by atoms with van der Waals surface area (Å²) in [4.78, 5) is 7.97. The SMILES string of the molecule is C=CCc1ccccc1COc1ccc2[nH]c3c(C)c4ccncc4c(C)c3c2c1. The van der Waals surface area contributed by atoms with Crippen LogP contribution in [0.2, 0.25) is 0 Å². The van der Waals surface area contributed by atoms with Crippen molar-refractivity contribution in [1.82, 2.24) is 9.97 Å². The summed E-state index contributed by atoms with van der Waals surface area (Å²) >= 11 is 0. The fraction of sp³-hybridized carbons (Fsp3) is 0.148. The van der Waals surface area contributed by atoms with Crippen LogP contribution in [-0.2, 0) is 13.0 Å². The van der Waals surface area contributed by atoms with Crippen molar-refractivity contribution < 1.29 is 4.74 Å². The molecule has 3 heteroatoms. The van der Waals surface area contributed by atoms with Crippen molar-refractivity contribution in [2.75, 3.05) is 0 Å². The Kier molecular flexibility index (Phi) is 4.51. The fourth-order valence-electron chi connectivity index (χ4n) is 4.44. The molecule has 3 aromatic carbocycles. The lowest BCUT2D eigenvalue weighted by molar-refractivity contribution is 0.305. The van der Waals surface area contributed by atoms with Gasteiger partial charge in [0.1, 0.15) is 12.4 Å². The molecule has 0 amide bonds. The molecule has 0 saturated heterocycles. The number of H-pyrrole nitrogens is 1. The summed E-state index contributed by atoms with van der Waals surface area (Å²) in [6, 6.07) is 16.8. The second kappa shape index (κ2) is 7.34. The summed E-state index contributed by atoms with van der Waals surface area (Å²) in [5.74, 6) is 0.875. The number of nitrogens with zero attached hydrogens (tertiary/aromatic N) is 1. The fourth-order valence-corrected chi connectivity index (χ4v) is 4.44. The summed E-state index contributed by atoms with van der Waals surface area (Å²) in [6.07, 6.45) is 6.61. The third kappa shape index (κ3) is 2.94. The summed E-state index contributed by atoms with van der Waals surface area (Å²) in [5, 5.41) is 4.89. The van der Waals surface area contributed by atoms with E-state index in [1.54, 1.807) is 0 Å². The molecule has 0 radical (unpaired) electrons. The zero-order valence-corrected chi connectivity index (χ0v) is 17.3. The highest BCUT2D eigenvalue weighted by Crippen LogP contribution is 2.37. The maximum atomic E-state index is 6.20. The number of aromatic nitrogens is 2. The predicted molar refractivity (Wildman–Crippen MR) is 125 cm³/mol. The van der Waals surface area contributed by atoms with Gasteiger partial charge in [0.25, 0.3) is 0 Å². The highest BCUT2D eigenvalue weighted by atomic mass is 16.5. The van der Waals surface area contributed by atoms with Gasteiger partial charge in [0.15, 0.2) is 0 Å². The van der Waals surface area contributed by atoms with Crippen molar-refractivity contribution >= 4 is 32.6 Å². The number of nitrogens with one attached hydrogen (secondary N) is 1. The zero-order chi connectivity index (χ0) is 20.7. The standard InChI is InChI=1S/C27H24N2O/c1-4-7-19-8-5-6-9-20(19)16-30-21-10-11-25-23(14-21)26-17(2)24-15-28-13-12-22(24)18(3)27(26)29-25/h4-6,8-15,29H,1,7,16H2,2-3H3. The molecule has 0 aliphatic carbocycles. The summed E-state index contributed by atoms with van der Waals surface area (Å²) in [7, 11) is 0. The van der Waals surface area contributed by atoms with Gasteiger partial charge >= 0.3 is 0 Å². The number of fused-ring (bicyclic) bond motifs is 4. The molecule has 0 fully saturated rings. The Balaban J connectivity index is 1.59. The Hall–Kier alpha value is -3.59. The van der Waals surface area contributed by atoms with E-state index in [2.05, 4.69) is 72.9 Å². The molecule has 148 valence electrons. The lowest BCUT2D eigenvalue weighted by atomic mass is 9.97. The molecular formula is C27H24N2O. The largest absolute Gasteiger partial charge is 0.489 e. The average molecular weight is 393 g/mol. The number of aryl methyl sites for hydroxylation is 2. The molecule has 0 aliphatic rings. The van der Waals surface area contributed by atoms with Gasteiger partial charge in [0, 0.05) is 34.1 Å². The summed E-state index contributed by atoms with van der Waals surface area (Å²) in [6.45, 7) is 8.76. The third-order valence-corrected chi connectivity index (χ3v) is 6.03. The van der Waals surface area contributed by atoms with E-state index in [-0.39, 0.29) is 0 Å². The highest BCUT2D eigenvalue weighted by Gasteiger charge is 2.14. The maximum Gasteiger partial charge on any atom is 0.120 e. The van der Waals surface area contributed by atoms with Crippen LogP contribution in [0.4, 0.5) is 0 Å². The molecule has 2 aromatic heterocycles. The maximum absolute atomic E-state index is 6.20. The van der Waals surface area contributed by atoms with Gasteiger partial charge in [0.05, 0.1) is 5.52 Å². The second-order valence-corrected chi connectivity index (χ2v) is 7.80. The van der Waals surface area contributed by atoms with Gasteiger partial charge in [-0.1, -0.05) is 30.3 Å². The minimum atomic E-state index is 0.544. The summed E-state index contributed by atoms with van der Waals surface area (Å²) < 4.78 is 6.20. The Morgan fingerprint density at radius 1 is 0.967 bits per heavy atom. The van der Waals surface area contributed by atoms with Crippen LogP contribution in [0.1, 0.15) is 22.3 Å². The van der Waals surface area contributed by atoms with Crippen LogP contribution in [0.25, 0.3) is 32.6 Å². The van der Waals surface area contributed by atoms with E-state index in [9.17, 15) is 0 Å². The lowest BCUT2D eigenvalue weighted by Gasteiger charge is -2.11. The van der Waals surface area contributed by atoms with Gasteiger partial charge in [-0.25, -0.2) is 0 Å². The second-order valence-electron chi connectivity index (χ2n) is 7.80. The van der Waals surface area contributed by atoms with E-state index in [4.69, 9.17) is 4.74 Å². The Morgan fingerprint density at radius 3 is 2.63 bits per heavy atom. The molecular weight excluding hydrogens is 368 g/mol. The van der Waals surface area contributed by atoms with E-state index >= 15 is 0 Å². The highest BCUT2D eigenvalue weighted by molar-refractivity contribution is 6.16. The number of hydrogen-bond donors (Lipinski definition) is 1. The molecule has 1 N–H and O–H groups in total. The van der Waals surface area contributed by atoms with Gasteiger partial charge in [-0.15, -0.1) is 6.58 Å². The van der Waals surface area contributed by atoms with Crippen LogP contribution < -0.4 is 4.74 Å². The smallest absolute Gasteiger partial charge is 0.120 e. The van der Waals surface area contributed by atoms with Crippen LogP contribution in [0.5, 0.6) is 5.75 Å². The molecule has 0 aliphatic heterocycles. The van der Waals surface area contributed by atoms with Gasteiger partial charge in [-0.2, -0.15) is 0 Å². The van der Waals surface area contributed by atoms with E-state index in [1.165, 1.54) is 49.3 Å². The Morgan fingerprint density at radius 2 is 1.80 bits per heavy atom. The normalized spacial score (nSPS) is 11.4. The van der Waals surface area contributed by atoms with Crippen molar-refractivity contribution in [2.24, 2.45) is 0 Å². The van der Waals surface area contributed by atoms with Crippen LogP contribution in [0.15, 0.2) is 73.6 Å². The average Bonchev–Trinajstić information content (AvgIpc) is 3.16. The molecule has 5 aromatic rings. The number of allylic oxidation sites excluding steroid dienone is 1. The molecule has 0 spiro atoms. The van der Waals surface area contributed by atoms with Crippen LogP contribution >= 0.6 is 0 Å². The van der Waals surface area contributed by atoms with Crippen molar-refractivity contribution in [3.05, 3.63) is 95.8 Å². The predicted octanol–water partition coefficient (Wildman–Crippen LogP) is 6.79. The van der Waals surface area contributed by atoms with Crippen molar-refractivity contribution in [3.63, 3.8) is 0 Å². The van der Waals surface area contributed by atoms with Crippen LogP contribution in [0, 0.1) is 13.8 Å². The third-order valence-electron chi connectivity index (χ3n) is 6.03. The van der Waals surface area contributed by atoms with Crippen LogP contribution in [0.3, 0.4) is 0 Å². The molecule has 2 heterocycles. The molecule has 0 saturated carbocycles. The van der Waals surface area contributed by atoms with Crippen molar-refractivity contribution in [3.8, 4) is 5.75 Å². The monoisotopic (exact) mass is 392 g/mol. The first-order valence-corrected chi connectivity index (χ1v) is 10.3. The molecule has 0 bridgehead atoms. The van der Waals surface area contributed by atoms with Crippen molar-refractivity contribution in [1.29, 1.82) is 0 Å². The topological polar surface area (TPSA) is 37.9 Å². The van der Waals surface area contributed by atoms with Crippen LogP contribution in [-0.4, -0.2) is 9.97 Å². The number of pyridine rings is 1. The number of benzene rings is 3. The molecule has 3 nitrogen and oxygen atoms in total. The van der Waals surface area contributed by atoms with Gasteiger partial charge < -0.3 is 9.72 Å². The van der Waals surface area contributed by atoms with Crippen molar-refractivity contribution in [2.45, 2.75) is 26.9 Å². The summed E-state index contributed by atoms with van der Waals surface area (Å²) in [5.41, 5.74) is 7.27. The van der Waals surface area contributed by atoms with E-state index in [1.807, 2.05) is 24.5 Å². The minimum absolute atomic E-state index is 0.544. The van der Waals surface area contributed by atoms with E-state index < -0.39 is 0 Å². The van der Waals surface area contributed by atoms with Gasteiger partial charge in [-0.3, -0.25) is 4.98 Å². The van der Waals surface area contributed by atoms with E-state index in [0.717, 1.165) is 17.7 Å². The number of rotatable bonds is 5. The number of aromatic amines is 1. The number of ether oxygens (including phenoxy) is 1. The minimum Gasteiger partial charge on any atom is -0.489 e. The molecule has 30 heavy (non-hydrogen) atoms. The Bertz CT molecular complexity index is 1410. The molecule has 0 atom stereocenters. The van der Waals surface area contributed by atoms with E-state index in [0.29, 0.717) is 6.61 Å². The van der Waals surface area contributed by atoms with Gasteiger partial charge in [-0.05, 0) is 72.2 Å². The Labute approximate surface area is 176 Å². The first-order valence-electron chi connectivity index (χ1n) is 10.3. The first kappa shape index (κ1) is 18.4. The molecule has 0 unspecified atom stereocenters. The molecule has 5 rings (SSSR count). The quantitative estimate of drug-likeness (QED) is 0.334. The van der Waals surface area contributed by atoms with Gasteiger partial charge in [0.2, 0.25) is 0 Å². The first-order chi connectivity index (χ1) is 14.7. The number of hydrogen-bond acceptors (Lipinski definition) is 2.